The van der Waals surface area contributed by atoms with Crippen molar-refractivity contribution in [2.75, 3.05) is 0 Å². The molecular formula is C14H15BrF6. The summed E-state index contributed by atoms with van der Waals surface area (Å²) in [4.78, 5) is -0.174. The quantitative estimate of drug-likeness (QED) is 0.421. The van der Waals surface area contributed by atoms with Crippen LogP contribution < -0.4 is 0 Å². The van der Waals surface area contributed by atoms with Gasteiger partial charge in [0.1, 0.15) is 0 Å². The van der Waals surface area contributed by atoms with Crippen LogP contribution in [0.25, 0.3) is 0 Å². The van der Waals surface area contributed by atoms with E-state index in [4.69, 9.17) is 0 Å². The third kappa shape index (κ3) is 4.90. The van der Waals surface area contributed by atoms with Crippen molar-refractivity contribution in [3.05, 3.63) is 34.9 Å². The summed E-state index contributed by atoms with van der Waals surface area (Å²) in [5, 5.41) is 0. The molecular weight excluding hydrogens is 362 g/mol. The van der Waals surface area contributed by atoms with Crippen molar-refractivity contribution in [3.8, 4) is 0 Å². The molecule has 21 heavy (non-hydrogen) atoms. The monoisotopic (exact) mass is 376 g/mol. The van der Waals surface area contributed by atoms with Crippen molar-refractivity contribution in [1.29, 1.82) is 0 Å². The Balaban J connectivity index is 3.32. The van der Waals surface area contributed by atoms with Crippen LogP contribution in [0.5, 0.6) is 0 Å². The summed E-state index contributed by atoms with van der Waals surface area (Å²) in [5.41, 5.74) is -2.50. The molecule has 2 unspecified atom stereocenters. The first kappa shape index (κ1) is 18.3. The average molecular weight is 377 g/mol. The molecule has 0 saturated carbocycles. The van der Waals surface area contributed by atoms with Gasteiger partial charge < -0.3 is 0 Å². The van der Waals surface area contributed by atoms with Crippen LogP contribution in [0, 0.1) is 0 Å². The molecule has 1 rings (SSSR count). The van der Waals surface area contributed by atoms with E-state index in [9.17, 15) is 26.3 Å². The van der Waals surface area contributed by atoms with Crippen molar-refractivity contribution in [1.82, 2.24) is 0 Å². The first-order valence-electron chi connectivity index (χ1n) is 6.40. The van der Waals surface area contributed by atoms with Crippen molar-refractivity contribution in [2.45, 2.75) is 49.8 Å². The Morgan fingerprint density at radius 3 is 1.71 bits per heavy atom. The van der Waals surface area contributed by atoms with E-state index >= 15 is 0 Å². The maximum absolute atomic E-state index is 12.8. The lowest BCUT2D eigenvalue weighted by molar-refractivity contribution is -0.143. The Hall–Kier alpha value is -0.720. The molecule has 0 radical (unpaired) electrons. The minimum atomic E-state index is -4.80. The minimum absolute atomic E-state index is 0.0347. The Morgan fingerprint density at radius 2 is 1.38 bits per heavy atom. The number of benzene rings is 1. The molecule has 1 aromatic carbocycles. The second kappa shape index (κ2) is 6.58. The van der Waals surface area contributed by atoms with Crippen LogP contribution in [-0.4, -0.2) is 4.83 Å². The fourth-order valence-electron chi connectivity index (χ4n) is 1.98. The van der Waals surface area contributed by atoms with E-state index < -0.39 is 29.4 Å². The Bertz CT molecular complexity index is 445. The largest absolute Gasteiger partial charge is 0.416 e. The van der Waals surface area contributed by atoms with Crippen molar-refractivity contribution >= 4 is 15.9 Å². The third-order valence-electron chi connectivity index (χ3n) is 3.24. The van der Waals surface area contributed by atoms with Gasteiger partial charge in [-0.15, -0.1) is 0 Å². The Kier molecular flexibility index (Phi) is 5.75. The van der Waals surface area contributed by atoms with Crippen LogP contribution in [0.15, 0.2) is 18.2 Å². The molecule has 0 bridgehead atoms. The highest BCUT2D eigenvalue weighted by Crippen LogP contribution is 2.39. The molecule has 0 aromatic heterocycles. The molecule has 0 spiro atoms. The van der Waals surface area contributed by atoms with E-state index in [1.807, 2.05) is 6.92 Å². The summed E-state index contributed by atoms with van der Waals surface area (Å²) in [6.45, 7) is 3.51. The average Bonchev–Trinajstić information content (AvgIpc) is 2.35. The fraction of sp³-hybridized carbons (Fsp3) is 0.571. The van der Waals surface area contributed by atoms with Crippen molar-refractivity contribution < 1.29 is 26.3 Å². The second-order valence-electron chi connectivity index (χ2n) is 4.93. The van der Waals surface area contributed by atoms with E-state index in [0.29, 0.717) is 6.42 Å². The van der Waals surface area contributed by atoms with Gasteiger partial charge in [-0.1, -0.05) is 36.2 Å². The lowest BCUT2D eigenvalue weighted by Gasteiger charge is -2.21. The first-order valence-corrected chi connectivity index (χ1v) is 7.31. The number of hydrogen-bond acceptors (Lipinski definition) is 0. The van der Waals surface area contributed by atoms with Crippen LogP contribution in [0.3, 0.4) is 0 Å². The van der Waals surface area contributed by atoms with Gasteiger partial charge in [0.2, 0.25) is 0 Å². The van der Waals surface area contributed by atoms with Crippen LogP contribution in [0.4, 0.5) is 26.3 Å². The molecule has 0 aliphatic heterocycles. The second-order valence-corrected chi connectivity index (χ2v) is 6.11. The molecule has 0 aliphatic carbocycles. The van der Waals surface area contributed by atoms with Crippen LogP contribution in [0.1, 0.15) is 49.3 Å². The number of alkyl halides is 7. The highest BCUT2D eigenvalue weighted by atomic mass is 79.9. The van der Waals surface area contributed by atoms with E-state index in [-0.39, 0.29) is 16.5 Å². The van der Waals surface area contributed by atoms with Gasteiger partial charge in [0.15, 0.2) is 0 Å². The third-order valence-corrected chi connectivity index (χ3v) is 4.49. The summed E-state index contributed by atoms with van der Waals surface area (Å²) >= 11 is 3.33. The van der Waals surface area contributed by atoms with E-state index in [1.165, 1.54) is 0 Å². The Labute approximate surface area is 127 Å². The highest BCUT2D eigenvalue weighted by molar-refractivity contribution is 9.09. The predicted octanol–water partition coefficient (Wildman–Crippen LogP) is 6.39. The van der Waals surface area contributed by atoms with Gasteiger partial charge in [-0.25, -0.2) is 0 Å². The molecule has 0 aliphatic rings. The lowest BCUT2D eigenvalue weighted by Crippen LogP contribution is -2.15. The van der Waals surface area contributed by atoms with Crippen molar-refractivity contribution in [2.24, 2.45) is 0 Å². The van der Waals surface area contributed by atoms with Gasteiger partial charge in [-0.05, 0) is 36.1 Å². The Morgan fingerprint density at radius 1 is 0.952 bits per heavy atom. The smallest absolute Gasteiger partial charge is 0.166 e. The summed E-state index contributed by atoms with van der Waals surface area (Å²) in [7, 11) is 0. The minimum Gasteiger partial charge on any atom is -0.166 e. The van der Waals surface area contributed by atoms with Crippen LogP contribution in [0.2, 0.25) is 0 Å². The van der Waals surface area contributed by atoms with Crippen LogP contribution in [-0.2, 0) is 12.4 Å². The summed E-state index contributed by atoms with van der Waals surface area (Å²) < 4.78 is 76.6. The van der Waals surface area contributed by atoms with Gasteiger partial charge in [0, 0.05) is 4.83 Å². The molecule has 0 fully saturated rings. The SMILES string of the molecule is CCCC(Br)C(C)c1cc(C(F)(F)F)cc(C(F)(F)F)c1. The summed E-state index contributed by atoms with van der Waals surface area (Å²) in [6, 6.07) is 1.74. The zero-order chi connectivity index (χ0) is 16.4. The molecule has 0 saturated heterocycles. The molecule has 0 amide bonds. The van der Waals surface area contributed by atoms with Gasteiger partial charge in [0.25, 0.3) is 0 Å². The zero-order valence-corrected chi connectivity index (χ0v) is 13.0. The molecule has 0 N–H and O–H groups in total. The van der Waals surface area contributed by atoms with Gasteiger partial charge >= 0.3 is 12.4 Å². The topological polar surface area (TPSA) is 0 Å². The van der Waals surface area contributed by atoms with Crippen molar-refractivity contribution in [3.63, 3.8) is 0 Å². The number of rotatable bonds is 4. The maximum atomic E-state index is 12.8. The summed E-state index contributed by atoms with van der Waals surface area (Å²) in [5.74, 6) is -0.451. The lowest BCUT2D eigenvalue weighted by atomic mass is 9.92. The normalized spacial score (nSPS) is 15.9. The highest BCUT2D eigenvalue weighted by Gasteiger charge is 2.37. The molecule has 0 nitrogen and oxygen atoms in total. The summed E-state index contributed by atoms with van der Waals surface area (Å²) in [6.07, 6.45) is -8.16. The van der Waals surface area contributed by atoms with Gasteiger partial charge in [-0.3, -0.25) is 0 Å². The van der Waals surface area contributed by atoms with Gasteiger partial charge in [0.05, 0.1) is 11.1 Å². The zero-order valence-electron chi connectivity index (χ0n) is 11.4. The van der Waals surface area contributed by atoms with E-state index in [1.54, 1.807) is 6.92 Å². The molecule has 2 atom stereocenters. The molecule has 0 heterocycles. The van der Waals surface area contributed by atoms with Gasteiger partial charge in [-0.2, -0.15) is 26.3 Å². The maximum Gasteiger partial charge on any atom is 0.416 e. The standard InChI is InChI=1S/C14H15BrF6/c1-3-4-12(15)8(2)9-5-10(13(16,17)18)7-11(6-9)14(19,20)21/h5-8,12H,3-4H2,1-2H3. The predicted molar refractivity (Wildman–Crippen MR) is 72.5 cm³/mol. The molecule has 120 valence electrons. The van der Waals surface area contributed by atoms with Crippen LogP contribution >= 0.6 is 15.9 Å². The number of halogens is 7. The fourth-order valence-corrected chi connectivity index (χ4v) is 2.74. The number of hydrogen-bond donors (Lipinski definition) is 0. The van der Waals surface area contributed by atoms with E-state index in [0.717, 1.165) is 18.6 Å². The molecule has 1 aromatic rings. The van der Waals surface area contributed by atoms with E-state index in [2.05, 4.69) is 15.9 Å². The molecule has 7 heteroatoms. The first-order chi connectivity index (χ1) is 9.46.